The van der Waals surface area contributed by atoms with Crippen LogP contribution in [0, 0.1) is 6.92 Å². The minimum Gasteiger partial charge on any atom is -0.454 e. The van der Waals surface area contributed by atoms with Crippen LogP contribution in [0.4, 0.5) is 0 Å². The summed E-state index contributed by atoms with van der Waals surface area (Å²) in [4.78, 5) is 0. The van der Waals surface area contributed by atoms with Crippen LogP contribution in [0.3, 0.4) is 0 Å². The normalized spacial score (nSPS) is 19.9. The van der Waals surface area contributed by atoms with Gasteiger partial charge in [-0.2, -0.15) is 0 Å². The molecule has 0 radical (unpaired) electrons. The number of ether oxygens (including phenoxy) is 2. The maximum atomic E-state index is 6.16. The predicted molar refractivity (Wildman–Crippen MR) is 64.9 cm³/mol. The third kappa shape index (κ3) is 1.60. The molecule has 86 valence electrons. The summed E-state index contributed by atoms with van der Waals surface area (Å²) < 4.78 is 11.8. The molecule has 1 aliphatic carbocycles. The van der Waals surface area contributed by atoms with Crippen LogP contribution >= 0.6 is 15.9 Å². The first-order valence-electron chi connectivity index (χ1n) is 5.45. The third-order valence-electron chi connectivity index (χ3n) is 3.39. The molecular formula is C12H14BrNO2. The van der Waals surface area contributed by atoms with Crippen LogP contribution < -0.4 is 15.2 Å². The summed E-state index contributed by atoms with van der Waals surface area (Å²) in [6.45, 7) is 2.40. The van der Waals surface area contributed by atoms with Gasteiger partial charge in [0.15, 0.2) is 11.5 Å². The predicted octanol–water partition coefficient (Wildman–Crippen LogP) is 2.52. The molecule has 16 heavy (non-hydrogen) atoms. The number of rotatable bonds is 2. The standard InChI is InChI=1S/C12H14BrNO2/c1-7-8(5-12(14)2-3-12)4-9-11(10(7)13)16-6-15-9/h4H,2-3,5-6,14H2,1H3. The van der Waals surface area contributed by atoms with Crippen molar-refractivity contribution in [3.8, 4) is 11.5 Å². The molecule has 0 spiro atoms. The van der Waals surface area contributed by atoms with E-state index in [1.165, 1.54) is 11.1 Å². The summed E-state index contributed by atoms with van der Waals surface area (Å²) in [6, 6.07) is 2.06. The van der Waals surface area contributed by atoms with Crippen molar-refractivity contribution >= 4 is 15.9 Å². The summed E-state index contributed by atoms with van der Waals surface area (Å²) in [6.07, 6.45) is 3.17. The minimum absolute atomic E-state index is 0.0257. The van der Waals surface area contributed by atoms with Crippen molar-refractivity contribution in [1.82, 2.24) is 0 Å². The molecule has 1 aromatic rings. The van der Waals surface area contributed by atoms with E-state index in [1.807, 2.05) is 0 Å². The van der Waals surface area contributed by atoms with Gasteiger partial charge in [-0.05, 0) is 59.3 Å². The second-order valence-corrected chi connectivity index (χ2v) is 5.54. The topological polar surface area (TPSA) is 44.5 Å². The molecule has 1 fully saturated rings. The Kier molecular flexibility index (Phi) is 2.20. The van der Waals surface area contributed by atoms with Gasteiger partial charge >= 0.3 is 0 Å². The highest BCUT2D eigenvalue weighted by Gasteiger charge is 2.39. The number of hydrogen-bond donors (Lipinski definition) is 1. The van der Waals surface area contributed by atoms with Crippen molar-refractivity contribution in [2.75, 3.05) is 6.79 Å². The molecular weight excluding hydrogens is 270 g/mol. The number of benzene rings is 1. The lowest BCUT2D eigenvalue weighted by Crippen LogP contribution is -2.24. The molecule has 3 rings (SSSR count). The monoisotopic (exact) mass is 283 g/mol. The number of fused-ring (bicyclic) bond motifs is 1. The molecule has 2 aliphatic rings. The van der Waals surface area contributed by atoms with Crippen molar-refractivity contribution in [3.05, 3.63) is 21.7 Å². The zero-order valence-corrected chi connectivity index (χ0v) is 10.8. The molecule has 0 unspecified atom stereocenters. The Morgan fingerprint density at radius 1 is 1.44 bits per heavy atom. The molecule has 0 bridgehead atoms. The van der Waals surface area contributed by atoms with Crippen LogP contribution in [0.15, 0.2) is 10.5 Å². The first-order chi connectivity index (χ1) is 7.59. The van der Waals surface area contributed by atoms with Crippen molar-refractivity contribution in [3.63, 3.8) is 0 Å². The third-order valence-corrected chi connectivity index (χ3v) is 4.35. The number of halogens is 1. The molecule has 0 atom stereocenters. The van der Waals surface area contributed by atoms with Crippen LogP contribution in [-0.4, -0.2) is 12.3 Å². The van der Waals surface area contributed by atoms with Gasteiger partial charge in [-0.3, -0.25) is 0 Å². The lowest BCUT2D eigenvalue weighted by Gasteiger charge is -2.14. The summed E-state index contributed by atoms with van der Waals surface area (Å²) >= 11 is 3.56. The van der Waals surface area contributed by atoms with E-state index in [4.69, 9.17) is 15.2 Å². The first-order valence-corrected chi connectivity index (χ1v) is 6.25. The van der Waals surface area contributed by atoms with E-state index < -0.39 is 0 Å². The largest absolute Gasteiger partial charge is 0.454 e. The Bertz CT molecular complexity index is 455. The molecule has 1 saturated carbocycles. The Labute approximate surface area is 103 Å². The van der Waals surface area contributed by atoms with Gasteiger partial charge in [-0.1, -0.05) is 0 Å². The Morgan fingerprint density at radius 2 is 2.19 bits per heavy atom. The van der Waals surface area contributed by atoms with Crippen LogP contribution in [0.5, 0.6) is 11.5 Å². The SMILES string of the molecule is Cc1c(CC2(N)CC2)cc2c(c1Br)OCO2. The van der Waals surface area contributed by atoms with Crippen molar-refractivity contribution in [2.24, 2.45) is 5.73 Å². The van der Waals surface area contributed by atoms with E-state index in [-0.39, 0.29) is 5.54 Å². The smallest absolute Gasteiger partial charge is 0.231 e. The second kappa shape index (κ2) is 3.37. The van der Waals surface area contributed by atoms with E-state index in [2.05, 4.69) is 28.9 Å². The molecule has 0 aromatic heterocycles. The Balaban J connectivity index is 2.02. The maximum absolute atomic E-state index is 6.16. The van der Waals surface area contributed by atoms with Gasteiger partial charge in [0.1, 0.15) is 0 Å². The van der Waals surface area contributed by atoms with E-state index >= 15 is 0 Å². The highest BCUT2D eigenvalue weighted by Crippen LogP contribution is 2.45. The number of nitrogens with two attached hydrogens (primary N) is 1. The zero-order valence-electron chi connectivity index (χ0n) is 9.18. The van der Waals surface area contributed by atoms with Gasteiger partial charge in [0.25, 0.3) is 0 Å². The van der Waals surface area contributed by atoms with E-state index in [0.717, 1.165) is 35.2 Å². The maximum Gasteiger partial charge on any atom is 0.231 e. The lowest BCUT2D eigenvalue weighted by atomic mass is 9.99. The summed E-state index contributed by atoms with van der Waals surface area (Å²) in [7, 11) is 0. The molecule has 1 heterocycles. The fraction of sp³-hybridized carbons (Fsp3) is 0.500. The second-order valence-electron chi connectivity index (χ2n) is 4.75. The van der Waals surface area contributed by atoms with E-state index in [9.17, 15) is 0 Å². The first kappa shape index (κ1) is 10.4. The van der Waals surface area contributed by atoms with Crippen molar-refractivity contribution < 1.29 is 9.47 Å². The lowest BCUT2D eigenvalue weighted by molar-refractivity contribution is 0.173. The van der Waals surface area contributed by atoms with Crippen LogP contribution in [-0.2, 0) is 6.42 Å². The molecule has 3 nitrogen and oxygen atoms in total. The van der Waals surface area contributed by atoms with E-state index in [0.29, 0.717) is 6.79 Å². The number of hydrogen-bond acceptors (Lipinski definition) is 3. The molecule has 2 N–H and O–H groups in total. The van der Waals surface area contributed by atoms with Crippen LogP contribution in [0.25, 0.3) is 0 Å². The Morgan fingerprint density at radius 3 is 2.88 bits per heavy atom. The molecule has 1 aliphatic heterocycles. The van der Waals surface area contributed by atoms with Gasteiger partial charge in [0, 0.05) is 5.54 Å². The molecule has 4 heteroatoms. The summed E-state index contributed by atoms with van der Waals surface area (Å²) in [5.41, 5.74) is 8.65. The van der Waals surface area contributed by atoms with Gasteiger partial charge in [0.05, 0.1) is 4.47 Å². The van der Waals surface area contributed by atoms with Crippen LogP contribution in [0.1, 0.15) is 24.0 Å². The summed E-state index contributed by atoms with van der Waals surface area (Å²) in [5.74, 6) is 1.65. The highest BCUT2D eigenvalue weighted by atomic mass is 79.9. The summed E-state index contributed by atoms with van der Waals surface area (Å²) in [5, 5.41) is 0. The van der Waals surface area contributed by atoms with E-state index in [1.54, 1.807) is 0 Å². The Hall–Kier alpha value is -0.740. The van der Waals surface area contributed by atoms with Crippen molar-refractivity contribution in [2.45, 2.75) is 31.7 Å². The fourth-order valence-corrected chi connectivity index (χ4v) is 2.61. The average molecular weight is 284 g/mol. The zero-order chi connectivity index (χ0) is 11.3. The average Bonchev–Trinajstić information content (AvgIpc) is 2.79. The van der Waals surface area contributed by atoms with Gasteiger partial charge < -0.3 is 15.2 Å². The quantitative estimate of drug-likeness (QED) is 0.907. The molecule has 0 saturated heterocycles. The van der Waals surface area contributed by atoms with Crippen molar-refractivity contribution in [1.29, 1.82) is 0 Å². The van der Waals surface area contributed by atoms with Gasteiger partial charge in [0.2, 0.25) is 6.79 Å². The molecule has 0 amide bonds. The van der Waals surface area contributed by atoms with Gasteiger partial charge in [-0.25, -0.2) is 0 Å². The fourth-order valence-electron chi connectivity index (χ4n) is 2.05. The highest BCUT2D eigenvalue weighted by molar-refractivity contribution is 9.10. The van der Waals surface area contributed by atoms with Gasteiger partial charge in [-0.15, -0.1) is 0 Å². The molecule has 1 aromatic carbocycles. The minimum atomic E-state index is 0.0257. The van der Waals surface area contributed by atoms with Crippen LogP contribution in [0.2, 0.25) is 0 Å².